The molecule has 0 saturated carbocycles. The van der Waals surface area contributed by atoms with Crippen molar-refractivity contribution in [3.8, 4) is 17.0 Å². The number of sulfonamides is 1. The zero-order chi connectivity index (χ0) is 27.6. The predicted molar refractivity (Wildman–Crippen MR) is 146 cm³/mol. The van der Waals surface area contributed by atoms with Gasteiger partial charge in [0.1, 0.15) is 5.69 Å². The van der Waals surface area contributed by atoms with E-state index >= 15 is 0 Å². The van der Waals surface area contributed by atoms with E-state index < -0.39 is 15.9 Å². The molecule has 0 fully saturated rings. The van der Waals surface area contributed by atoms with Gasteiger partial charge in [-0.15, -0.1) is 0 Å². The van der Waals surface area contributed by atoms with Crippen LogP contribution in [0.3, 0.4) is 0 Å². The molecule has 10 nitrogen and oxygen atoms in total. The van der Waals surface area contributed by atoms with Crippen molar-refractivity contribution in [1.82, 2.24) is 19.9 Å². The molecular weight excluding hydrogens is 553 g/mol. The van der Waals surface area contributed by atoms with Crippen LogP contribution in [0.15, 0.2) is 64.7 Å². The lowest BCUT2D eigenvalue weighted by Crippen LogP contribution is -2.32. The number of pyridine rings is 1. The normalized spacial score (nSPS) is 12.2. The highest BCUT2D eigenvalue weighted by Crippen LogP contribution is 2.32. The molecule has 0 saturated heterocycles. The zero-order valence-electron chi connectivity index (χ0n) is 20.5. The molecule has 1 unspecified atom stereocenters. The highest BCUT2D eigenvalue weighted by molar-refractivity contribution is 7.92. The quantitative estimate of drug-likeness (QED) is 0.325. The minimum atomic E-state index is -4.06. The maximum atomic E-state index is 13.2. The number of carbonyl (C=O) groups excluding carboxylic acids is 1. The zero-order valence-corrected chi connectivity index (χ0v) is 22.9. The van der Waals surface area contributed by atoms with Gasteiger partial charge in [0.25, 0.3) is 15.6 Å². The Labute approximate surface area is 228 Å². The predicted octanol–water partition coefficient (Wildman–Crippen LogP) is 3.96. The molecule has 1 atom stereocenters. The molecule has 13 heteroatoms. The van der Waals surface area contributed by atoms with Gasteiger partial charge in [0.2, 0.25) is 11.8 Å². The van der Waals surface area contributed by atoms with Crippen molar-refractivity contribution in [3.05, 3.63) is 75.4 Å². The van der Waals surface area contributed by atoms with Gasteiger partial charge < -0.3 is 10.1 Å². The van der Waals surface area contributed by atoms with E-state index in [2.05, 4.69) is 20.0 Å². The van der Waals surface area contributed by atoms with Crippen LogP contribution in [0.4, 0.5) is 5.69 Å². The summed E-state index contributed by atoms with van der Waals surface area (Å²) in [7, 11) is -1.16. The van der Waals surface area contributed by atoms with E-state index in [1.54, 1.807) is 31.2 Å². The van der Waals surface area contributed by atoms with Gasteiger partial charge in [0.05, 0.1) is 45.2 Å². The minimum absolute atomic E-state index is 0.0467. The van der Waals surface area contributed by atoms with Crippen molar-refractivity contribution >= 4 is 55.7 Å². The molecule has 0 spiro atoms. The standard InChI is InChI=1S/C25H23Cl2N5O5S/c1-14(23(33)28-2)12-32-13-30-21-7-4-15(8-18(21)25(32)34)16-9-22(24(37-3)29-11-16)31-38(35,36)17-5-6-19(26)20(27)10-17/h4-11,13-14,31H,12H2,1-3H3,(H,28,33). The van der Waals surface area contributed by atoms with E-state index in [1.807, 2.05) is 0 Å². The van der Waals surface area contributed by atoms with Gasteiger partial charge in [-0.05, 0) is 42.0 Å². The largest absolute Gasteiger partial charge is 0.480 e. The van der Waals surface area contributed by atoms with E-state index in [4.69, 9.17) is 27.9 Å². The molecule has 4 rings (SSSR count). The average Bonchev–Trinajstić information content (AvgIpc) is 2.90. The van der Waals surface area contributed by atoms with E-state index in [0.29, 0.717) is 22.0 Å². The lowest BCUT2D eigenvalue weighted by atomic mass is 10.0. The Hall–Kier alpha value is -3.67. The summed E-state index contributed by atoms with van der Waals surface area (Å²) in [5.41, 5.74) is 1.37. The second kappa shape index (κ2) is 11.0. The van der Waals surface area contributed by atoms with Crippen LogP contribution in [0.25, 0.3) is 22.0 Å². The second-order valence-electron chi connectivity index (χ2n) is 8.41. The van der Waals surface area contributed by atoms with Crippen molar-refractivity contribution in [3.63, 3.8) is 0 Å². The van der Waals surface area contributed by atoms with Gasteiger partial charge in [-0.3, -0.25) is 18.9 Å². The molecule has 198 valence electrons. The first-order valence-electron chi connectivity index (χ1n) is 11.3. The number of hydrogen-bond donors (Lipinski definition) is 2. The average molecular weight is 576 g/mol. The number of anilines is 1. The number of methoxy groups -OCH3 is 1. The highest BCUT2D eigenvalue weighted by Gasteiger charge is 2.20. The number of benzene rings is 2. The number of nitrogens with one attached hydrogen (secondary N) is 2. The second-order valence-corrected chi connectivity index (χ2v) is 10.9. The fourth-order valence-electron chi connectivity index (χ4n) is 3.79. The van der Waals surface area contributed by atoms with Gasteiger partial charge in [0, 0.05) is 25.4 Å². The van der Waals surface area contributed by atoms with Crippen LogP contribution in [0.1, 0.15) is 6.92 Å². The summed E-state index contributed by atoms with van der Waals surface area (Å²) in [5, 5.41) is 3.21. The van der Waals surface area contributed by atoms with E-state index in [9.17, 15) is 18.0 Å². The van der Waals surface area contributed by atoms with Crippen LogP contribution in [-0.2, 0) is 21.4 Å². The SMILES string of the molecule is CNC(=O)C(C)Cn1cnc2ccc(-c3cnc(OC)c(NS(=O)(=O)c4ccc(Cl)c(Cl)c4)c3)cc2c1=O. The van der Waals surface area contributed by atoms with E-state index in [-0.39, 0.29) is 44.5 Å². The van der Waals surface area contributed by atoms with Gasteiger partial charge in [-0.25, -0.2) is 18.4 Å². The van der Waals surface area contributed by atoms with Gasteiger partial charge in [-0.2, -0.15) is 0 Å². The molecular formula is C25H23Cl2N5O5S. The molecule has 1 amide bonds. The van der Waals surface area contributed by atoms with Crippen molar-refractivity contribution in [1.29, 1.82) is 0 Å². The Morgan fingerprint density at radius 2 is 1.84 bits per heavy atom. The molecule has 4 aromatic rings. The fourth-order valence-corrected chi connectivity index (χ4v) is 5.22. The molecule has 0 bridgehead atoms. The van der Waals surface area contributed by atoms with E-state index in [1.165, 1.54) is 49.4 Å². The lowest BCUT2D eigenvalue weighted by molar-refractivity contribution is -0.124. The number of amides is 1. The number of fused-ring (bicyclic) bond motifs is 1. The van der Waals surface area contributed by atoms with Gasteiger partial charge in [-0.1, -0.05) is 36.2 Å². The van der Waals surface area contributed by atoms with Crippen molar-refractivity contribution in [2.45, 2.75) is 18.4 Å². The summed E-state index contributed by atoms with van der Waals surface area (Å²) in [4.78, 5) is 33.6. The Morgan fingerprint density at radius 1 is 1.08 bits per heavy atom. The molecule has 0 aliphatic heterocycles. The number of ether oxygens (including phenoxy) is 1. The molecule has 0 radical (unpaired) electrons. The summed E-state index contributed by atoms with van der Waals surface area (Å²) in [5.74, 6) is -0.576. The number of aromatic nitrogens is 3. The van der Waals surface area contributed by atoms with Gasteiger partial charge >= 0.3 is 0 Å². The molecule has 0 aliphatic rings. The Bertz CT molecular complexity index is 1710. The fraction of sp³-hybridized carbons (Fsp3) is 0.200. The van der Waals surface area contributed by atoms with Crippen LogP contribution >= 0.6 is 23.2 Å². The highest BCUT2D eigenvalue weighted by atomic mass is 35.5. The maximum Gasteiger partial charge on any atom is 0.262 e. The van der Waals surface area contributed by atoms with Crippen LogP contribution in [0.5, 0.6) is 5.88 Å². The summed E-state index contributed by atoms with van der Waals surface area (Å²) in [6, 6.07) is 10.6. The van der Waals surface area contributed by atoms with Gasteiger partial charge in [0.15, 0.2) is 0 Å². The molecule has 0 aliphatic carbocycles. The summed E-state index contributed by atoms with van der Waals surface area (Å²) >= 11 is 11.9. The third-order valence-electron chi connectivity index (χ3n) is 5.81. The number of nitrogens with zero attached hydrogens (tertiary/aromatic N) is 3. The Balaban J connectivity index is 1.73. The topological polar surface area (TPSA) is 132 Å². The molecule has 38 heavy (non-hydrogen) atoms. The van der Waals surface area contributed by atoms with Crippen LogP contribution < -0.4 is 20.3 Å². The van der Waals surface area contributed by atoms with Crippen LogP contribution in [0.2, 0.25) is 10.0 Å². The summed E-state index contributed by atoms with van der Waals surface area (Å²) < 4.78 is 35.1. The lowest BCUT2D eigenvalue weighted by Gasteiger charge is -2.14. The summed E-state index contributed by atoms with van der Waals surface area (Å²) in [6.45, 7) is 1.88. The third-order valence-corrected chi connectivity index (χ3v) is 7.91. The maximum absolute atomic E-state index is 13.2. The number of hydrogen-bond acceptors (Lipinski definition) is 7. The number of halogens is 2. The third kappa shape index (κ3) is 5.59. The molecule has 2 N–H and O–H groups in total. The molecule has 2 aromatic heterocycles. The van der Waals surface area contributed by atoms with Crippen LogP contribution in [-0.4, -0.2) is 43.0 Å². The monoisotopic (exact) mass is 575 g/mol. The van der Waals surface area contributed by atoms with E-state index in [0.717, 1.165) is 0 Å². The number of carbonyl (C=O) groups is 1. The van der Waals surface area contributed by atoms with Crippen LogP contribution in [0, 0.1) is 5.92 Å². The Kier molecular flexibility index (Phi) is 7.91. The number of rotatable bonds is 8. The minimum Gasteiger partial charge on any atom is -0.480 e. The first kappa shape index (κ1) is 27.4. The Morgan fingerprint density at radius 3 is 2.53 bits per heavy atom. The molecule has 2 aromatic carbocycles. The first-order chi connectivity index (χ1) is 18.0. The molecule has 2 heterocycles. The van der Waals surface area contributed by atoms with Crippen molar-refractivity contribution in [2.24, 2.45) is 5.92 Å². The smallest absolute Gasteiger partial charge is 0.262 e. The van der Waals surface area contributed by atoms with Crippen molar-refractivity contribution < 1.29 is 17.9 Å². The van der Waals surface area contributed by atoms with Crippen molar-refractivity contribution in [2.75, 3.05) is 18.9 Å². The summed E-state index contributed by atoms with van der Waals surface area (Å²) in [6.07, 6.45) is 2.91. The first-order valence-corrected chi connectivity index (χ1v) is 13.5.